The van der Waals surface area contributed by atoms with Gasteiger partial charge in [0.1, 0.15) is 11.4 Å². The van der Waals surface area contributed by atoms with Crippen molar-refractivity contribution in [1.82, 2.24) is 4.57 Å². The maximum atomic E-state index is 12.4. The average molecular weight is 338 g/mol. The number of nitrogens with zero attached hydrogens (tertiary/aromatic N) is 1. The summed E-state index contributed by atoms with van der Waals surface area (Å²) in [6.07, 6.45) is 0.547. The second kappa shape index (κ2) is 7.58. The lowest BCUT2D eigenvalue weighted by molar-refractivity contribution is -0.123. The minimum Gasteiger partial charge on any atom is -0.448 e. The van der Waals surface area contributed by atoms with Crippen molar-refractivity contribution in [3.05, 3.63) is 48.3 Å². The van der Waals surface area contributed by atoms with Crippen molar-refractivity contribution in [2.75, 3.05) is 5.32 Å². The van der Waals surface area contributed by atoms with Crippen LogP contribution in [0.4, 0.5) is 14.5 Å². The van der Waals surface area contributed by atoms with Gasteiger partial charge in [0, 0.05) is 13.2 Å². The van der Waals surface area contributed by atoms with Gasteiger partial charge in [0.25, 0.3) is 5.91 Å². The number of carbonyl (C=O) groups excluding carboxylic acids is 2. The number of esters is 1. The summed E-state index contributed by atoms with van der Waals surface area (Å²) in [5.41, 5.74) is 0.348. The lowest BCUT2D eigenvalue weighted by atomic mass is 10.2. The average Bonchev–Trinajstić information content (AvgIpc) is 2.94. The van der Waals surface area contributed by atoms with Gasteiger partial charge in [0.05, 0.1) is 5.69 Å². The van der Waals surface area contributed by atoms with Crippen LogP contribution < -0.4 is 10.1 Å². The zero-order valence-corrected chi connectivity index (χ0v) is 13.0. The van der Waals surface area contributed by atoms with Gasteiger partial charge >= 0.3 is 12.6 Å². The van der Waals surface area contributed by atoms with Crippen molar-refractivity contribution in [2.24, 2.45) is 7.05 Å². The zero-order valence-electron chi connectivity index (χ0n) is 13.0. The van der Waals surface area contributed by atoms with E-state index >= 15 is 0 Å². The highest BCUT2D eigenvalue weighted by Gasteiger charge is 2.21. The van der Waals surface area contributed by atoms with E-state index in [1.54, 1.807) is 36.0 Å². The number of hydrogen-bond donors (Lipinski definition) is 1. The lowest BCUT2D eigenvalue weighted by Gasteiger charge is -2.15. The molecule has 0 aliphatic rings. The highest BCUT2D eigenvalue weighted by atomic mass is 19.3. The molecule has 6 nitrogen and oxygen atoms in total. The van der Waals surface area contributed by atoms with Crippen molar-refractivity contribution in [1.29, 1.82) is 0 Å². The molecular formula is C16H16F2N2O4. The number of amides is 1. The number of ether oxygens (including phenoxy) is 2. The predicted molar refractivity (Wildman–Crippen MR) is 82.0 cm³/mol. The molecule has 8 heteroatoms. The molecule has 2 aromatic rings. The summed E-state index contributed by atoms with van der Waals surface area (Å²) in [5.74, 6) is -1.51. The third kappa shape index (κ3) is 4.31. The Kier molecular flexibility index (Phi) is 5.51. The standard InChI is InChI=1S/C16H16F2N2O4/c1-10(23-15(22)12-7-5-9-20(12)2)14(21)19-11-6-3-4-8-13(11)24-16(17)18/h3-10,16H,1-2H3,(H,19,21)/t10-/m0/s1. The SMILES string of the molecule is C[C@H](OC(=O)c1cccn1C)C(=O)Nc1ccccc1OC(F)F. The van der Waals surface area contributed by atoms with Gasteiger partial charge in [-0.05, 0) is 31.2 Å². The van der Waals surface area contributed by atoms with Crippen LogP contribution in [-0.2, 0) is 16.6 Å². The monoisotopic (exact) mass is 338 g/mol. The molecule has 1 aromatic carbocycles. The third-order valence-corrected chi connectivity index (χ3v) is 3.17. The van der Waals surface area contributed by atoms with Crippen molar-refractivity contribution in [3.8, 4) is 5.75 Å². The molecular weight excluding hydrogens is 322 g/mol. The van der Waals surface area contributed by atoms with Crippen molar-refractivity contribution in [3.63, 3.8) is 0 Å². The van der Waals surface area contributed by atoms with E-state index in [1.807, 2.05) is 0 Å². The van der Waals surface area contributed by atoms with E-state index in [1.165, 1.54) is 25.1 Å². The first-order valence-corrected chi connectivity index (χ1v) is 7.05. The van der Waals surface area contributed by atoms with Crippen LogP contribution in [0.5, 0.6) is 5.75 Å². The number of hydrogen-bond acceptors (Lipinski definition) is 4. The Labute approximate surface area is 137 Å². The highest BCUT2D eigenvalue weighted by Crippen LogP contribution is 2.25. The van der Waals surface area contributed by atoms with Crippen LogP contribution in [0.25, 0.3) is 0 Å². The normalized spacial score (nSPS) is 11.9. The summed E-state index contributed by atoms with van der Waals surface area (Å²) in [6.45, 7) is -1.64. The van der Waals surface area contributed by atoms with Crippen molar-refractivity contribution in [2.45, 2.75) is 19.6 Å². The molecule has 1 atom stereocenters. The van der Waals surface area contributed by atoms with Crippen LogP contribution in [0.2, 0.25) is 0 Å². The summed E-state index contributed by atoms with van der Waals surface area (Å²) < 4.78 is 35.7. The maximum absolute atomic E-state index is 12.4. The molecule has 2 rings (SSSR count). The molecule has 0 unspecified atom stereocenters. The van der Waals surface area contributed by atoms with E-state index in [0.717, 1.165) is 0 Å². The first kappa shape index (κ1) is 17.5. The predicted octanol–water partition coefficient (Wildman–Crippen LogP) is 2.81. The van der Waals surface area contributed by atoms with E-state index in [9.17, 15) is 18.4 Å². The zero-order chi connectivity index (χ0) is 17.7. The number of anilines is 1. The van der Waals surface area contributed by atoms with Gasteiger partial charge in [-0.3, -0.25) is 4.79 Å². The molecule has 1 amide bonds. The van der Waals surface area contributed by atoms with E-state index in [-0.39, 0.29) is 17.1 Å². The Morgan fingerprint density at radius 2 is 1.88 bits per heavy atom. The van der Waals surface area contributed by atoms with Crippen molar-refractivity contribution < 1.29 is 27.8 Å². The second-order valence-electron chi connectivity index (χ2n) is 4.92. The topological polar surface area (TPSA) is 69.6 Å². The Balaban J connectivity index is 2.02. The molecule has 1 heterocycles. The van der Waals surface area contributed by atoms with E-state index in [2.05, 4.69) is 10.1 Å². The van der Waals surface area contributed by atoms with Crippen LogP contribution in [0.1, 0.15) is 17.4 Å². The van der Waals surface area contributed by atoms with Crippen LogP contribution in [-0.4, -0.2) is 29.2 Å². The highest BCUT2D eigenvalue weighted by molar-refractivity contribution is 5.97. The Morgan fingerprint density at radius 3 is 2.50 bits per heavy atom. The quantitative estimate of drug-likeness (QED) is 0.823. The number of aromatic nitrogens is 1. The number of para-hydroxylation sites is 2. The van der Waals surface area contributed by atoms with Crippen LogP contribution in [0.15, 0.2) is 42.6 Å². The van der Waals surface area contributed by atoms with Gasteiger partial charge in [-0.15, -0.1) is 0 Å². The Morgan fingerprint density at radius 1 is 1.17 bits per heavy atom. The molecule has 0 aliphatic heterocycles. The Hall–Kier alpha value is -2.90. The smallest absolute Gasteiger partial charge is 0.387 e. The number of rotatable bonds is 6. The van der Waals surface area contributed by atoms with Gasteiger partial charge in [-0.25, -0.2) is 4.79 Å². The van der Waals surface area contributed by atoms with Crippen LogP contribution in [0.3, 0.4) is 0 Å². The fourth-order valence-corrected chi connectivity index (χ4v) is 1.95. The lowest BCUT2D eigenvalue weighted by Crippen LogP contribution is -2.30. The van der Waals surface area contributed by atoms with Crippen molar-refractivity contribution >= 4 is 17.6 Å². The van der Waals surface area contributed by atoms with Gasteiger partial charge in [-0.2, -0.15) is 8.78 Å². The summed E-state index contributed by atoms with van der Waals surface area (Å²) in [7, 11) is 1.67. The summed E-state index contributed by atoms with van der Waals surface area (Å²) in [5, 5.41) is 2.40. The molecule has 0 radical (unpaired) electrons. The molecule has 1 N–H and O–H groups in total. The summed E-state index contributed by atoms with van der Waals surface area (Å²) in [4.78, 5) is 24.1. The fraction of sp³-hybridized carbons (Fsp3) is 0.250. The molecule has 0 aliphatic carbocycles. The summed E-state index contributed by atoms with van der Waals surface area (Å²) in [6, 6.07) is 8.96. The Bertz CT molecular complexity index is 730. The van der Waals surface area contributed by atoms with E-state index in [0.29, 0.717) is 0 Å². The molecule has 0 bridgehead atoms. The number of carbonyl (C=O) groups is 2. The molecule has 1 aromatic heterocycles. The fourth-order valence-electron chi connectivity index (χ4n) is 1.95. The molecule has 0 spiro atoms. The van der Waals surface area contributed by atoms with Gasteiger partial charge in [0.15, 0.2) is 6.10 Å². The number of halogens is 2. The molecule has 0 saturated heterocycles. The molecule has 24 heavy (non-hydrogen) atoms. The first-order chi connectivity index (χ1) is 11.4. The van der Waals surface area contributed by atoms with Crippen LogP contribution >= 0.6 is 0 Å². The number of nitrogens with one attached hydrogen (secondary N) is 1. The minimum absolute atomic E-state index is 0.0598. The minimum atomic E-state index is -3.02. The van der Waals surface area contributed by atoms with E-state index in [4.69, 9.17) is 4.74 Å². The number of alkyl halides is 2. The largest absolute Gasteiger partial charge is 0.448 e. The number of benzene rings is 1. The molecule has 0 fully saturated rings. The van der Waals surface area contributed by atoms with Crippen LogP contribution in [0, 0.1) is 0 Å². The molecule has 128 valence electrons. The van der Waals surface area contributed by atoms with Gasteiger partial charge in [0.2, 0.25) is 0 Å². The first-order valence-electron chi connectivity index (χ1n) is 7.05. The maximum Gasteiger partial charge on any atom is 0.387 e. The summed E-state index contributed by atoms with van der Waals surface area (Å²) >= 11 is 0. The second-order valence-corrected chi connectivity index (χ2v) is 4.92. The van der Waals surface area contributed by atoms with Gasteiger partial charge in [-0.1, -0.05) is 12.1 Å². The molecule has 0 saturated carbocycles. The van der Waals surface area contributed by atoms with Gasteiger partial charge < -0.3 is 19.4 Å². The van der Waals surface area contributed by atoms with E-state index < -0.39 is 24.6 Å². The third-order valence-electron chi connectivity index (χ3n) is 3.17. The number of aryl methyl sites for hydroxylation is 1.